The molecule has 16 heavy (non-hydrogen) atoms. The molecule has 0 unspecified atom stereocenters. The van der Waals surface area contributed by atoms with Crippen molar-refractivity contribution >= 4 is 23.4 Å². The number of nitrogens with zero attached hydrogens (tertiary/aromatic N) is 3. The smallest absolute Gasteiger partial charge is 0.137 e. The molecule has 1 rings (SSSR count). The lowest BCUT2D eigenvalue weighted by atomic mass is 10.1. The number of rotatable bonds is 6. The van der Waals surface area contributed by atoms with E-state index in [1.54, 1.807) is 6.33 Å². The SMILES string of the molecule is CCCc1c(N)ncnc1N(C)CCSC. The lowest BCUT2D eigenvalue weighted by Crippen LogP contribution is -2.23. The molecule has 0 fully saturated rings. The topological polar surface area (TPSA) is 55.0 Å². The predicted octanol–water partition coefficient (Wildman–Crippen LogP) is 1.81. The van der Waals surface area contributed by atoms with Gasteiger partial charge in [0.1, 0.15) is 18.0 Å². The van der Waals surface area contributed by atoms with Crippen LogP contribution in [0.15, 0.2) is 6.33 Å². The molecule has 90 valence electrons. The van der Waals surface area contributed by atoms with Crippen LogP contribution < -0.4 is 10.6 Å². The standard InChI is InChI=1S/C11H20N4S/c1-4-5-9-10(12)13-8-14-11(9)15(2)6-7-16-3/h8H,4-7H2,1-3H3,(H2,12,13,14). The lowest BCUT2D eigenvalue weighted by Gasteiger charge is -2.21. The van der Waals surface area contributed by atoms with E-state index in [0.717, 1.165) is 36.5 Å². The normalized spacial score (nSPS) is 10.4. The first-order valence-corrected chi connectivity index (χ1v) is 6.89. The van der Waals surface area contributed by atoms with E-state index < -0.39 is 0 Å². The van der Waals surface area contributed by atoms with Gasteiger partial charge >= 0.3 is 0 Å². The molecule has 0 atom stereocenters. The van der Waals surface area contributed by atoms with Crippen LogP contribution in [0.3, 0.4) is 0 Å². The summed E-state index contributed by atoms with van der Waals surface area (Å²) >= 11 is 1.83. The highest BCUT2D eigenvalue weighted by Gasteiger charge is 2.11. The summed E-state index contributed by atoms with van der Waals surface area (Å²) in [7, 11) is 2.05. The third-order valence-electron chi connectivity index (χ3n) is 2.45. The summed E-state index contributed by atoms with van der Waals surface area (Å²) in [6.07, 6.45) is 5.64. The third kappa shape index (κ3) is 3.27. The van der Waals surface area contributed by atoms with Gasteiger partial charge in [0.15, 0.2) is 0 Å². The van der Waals surface area contributed by atoms with Crippen molar-refractivity contribution in [3.63, 3.8) is 0 Å². The Labute approximate surface area is 102 Å². The molecule has 0 aromatic carbocycles. The van der Waals surface area contributed by atoms with Gasteiger partial charge in [-0.05, 0) is 12.7 Å². The fourth-order valence-corrected chi connectivity index (χ4v) is 2.03. The van der Waals surface area contributed by atoms with Crippen molar-refractivity contribution < 1.29 is 0 Å². The third-order valence-corrected chi connectivity index (χ3v) is 3.04. The van der Waals surface area contributed by atoms with E-state index in [2.05, 4.69) is 35.1 Å². The van der Waals surface area contributed by atoms with Crippen LogP contribution in [0.1, 0.15) is 18.9 Å². The van der Waals surface area contributed by atoms with Gasteiger partial charge in [-0.2, -0.15) is 11.8 Å². The predicted molar refractivity (Wildman–Crippen MR) is 72.1 cm³/mol. The van der Waals surface area contributed by atoms with Gasteiger partial charge < -0.3 is 10.6 Å². The van der Waals surface area contributed by atoms with Crippen LogP contribution in [0.4, 0.5) is 11.6 Å². The Morgan fingerprint density at radius 3 is 2.81 bits per heavy atom. The molecule has 0 amide bonds. The molecule has 0 spiro atoms. The molecule has 0 aliphatic rings. The molecular weight excluding hydrogens is 220 g/mol. The fraction of sp³-hybridized carbons (Fsp3) is 0.636. The lowest BCUT2D eigenvalue weighted by molar-refractivity contribution is 0.866. The minimum Gasteiger partial charge on any atom is -0.383 e. The van der Waals surface area contributed by atoms with Gasteiger partial charge in [-0.25, -0.2) is 9.97 Å². The van der Waals surface area contributed by atoms with Crippen molar-refractivity contribution in [3.8, 4) is 0 Å². The molecule has 1 heterocycles. The van der Waals surface area contributed by atoms with Gasteiger partial charge in [0.25, 0.3) is 0 Å². The van der Waals surface area contributed by atoms with Crippen LogP contribution in [0.2, 0.25) is 0 Å². The summed E-state index contributed by atoms with van der Waals surface area (Å²) in [4.78, 5) is 10.5. The van der Waals surface area contributed by atoms with Gasteiger partial charge in [0.2, 0.25) is 0 Å². The van der Waals surface area contributed by atoms with Gasteiger partial charge in [-0.15, -0.1) is 0 Å². The first-order valence-electron chi connectivity index (χ1n) is 5.50. The second-order valence-corrected chi connectivity index (χ2v) is 4.71. The molecule has 0 radical (unpaired) electrons. The van der Waals surface area contributed by atoms with Crippen molar-refractivity contribution in [1.82, 2.24) is 9.97 Å². The van der Waals surface area contributed by atoms with Crippen molar-refractivity contribution in [3.05, 3.63) is 11.9 Å². The molecule has 4 nitrogen and oxygen atoms in total. The summed E-state index contributed by atoms with van der Waals surface area (Å²) in [5.74, 6) is 2.68. The van der Waals surface area contributed by atoms with Gasteiger partial charge in [0, 0.05) is 24.9 Å². The van der Waals surface area contributed by atoms with Crippen molar-refractivity contribution in [2.75, 3.05) is 36.2 Å². The number of hydrogen-bond acceptors (Lipinski definition) is 5. The van der Waals surface area contributed by atoms with Crippen molar-refractivity contribution in [2.24, 2.45) is 0 Å². The van der Waals surface area contributed by atoms with Crippen LogP contribution in [0, 0.1) is 0 Å². The number of anilines is 2. The number of thioether (sulfide) groups is 1. The van der Waals surface area contributed by atoms with E-state index in [1.807, 2.05) is 11.8 Å². The Kier molecular flexibility index (Phi) is 5.38. The van der Waals surface area contributed by atoms with Crippen LogP contribution in [0.25, 0.3) is 0 Å². The zero-order valence-electron chi connectivity index (χ0n) is 10.2. The fourth-order valence-electron chi connectivity index (χ4n) is 1.57. The van der Waals surface area contributed by atoms with E-state index in [9.17, 15) is 0 Å². The van der Waals surface area contributed by atoms with Gasteiger partial charge in [-0.3, -0.25) is 0 Å². The summed E-state index contributed by atoms with van der Waals surface area (Å²) in [6.45, 7) is 3.12. The second kappa shape index (κ2) is 6.58. The van der Waals surface area contributed by atoms with Crippen molar-refractivity contribution in [1.29, 1.82) is 0 Å². The summed E-state index contributed by atoms with van der Waals surface area (Å²) in [5.41, 5.74) is 6.97. The molecule has 2 N–H and O–H groups in total. The number of hydrogen-bond donors (Lipinski definition) is 1. The highest BCUT2D eigenvalue weighted by molar-refractivity contribution is 7.98. The van der Waals surface area contributed by atoms with Gasteiger partial charge in [-0.1, -0.05) is 13.3 Å². The Hall–Kier alpha value is -0.970. The van der Waals surface area contributed by atoms with Crippen LogP contribution in [-0.2, 0) is 6.42 Å². The maximum Gasteiger partial charge on any atom is 0.137 e. The zero-order valence-corrected chi connectivity index (χ0v) is 11.0. The molecule has 0 saturated carbocycles. The highest BCUT2D eigenvalue weighted by atomic mass is 32.2. The van der Waals surface area contributed by atoms with Crippen LogP contribution >= 0.6 is 11.8 Å². The van der Waals surface area contributed by atoms with Crippen molar-refractivity contribution in [2.45, 2.75) is 19.8 Å². The minimum atomic E-state index is 0.614. The first-order chi connectivity index (χ1) is 7.70. The molecule has 0 bridgehead atoms. The maximum absolute atomic E-state index is 5.89. The Balaban J connectivity index is 2.88. The number of nitrogen functional groups attached to an aromatic ring is 1. The van der Waals surface area contributed by atoms with Gasteiger partial charge in [0.05, 0.1) is 0 Å². The molecule has 5 heteroatoms. The molecular formula is C11H20N4S. The molecule has 1 aromatic heterocycles. The quantitative estimate of drug-likeness (QED) is 0.822. The molecule has 0 saturated heterocycles. The van der Waals surface area contributed by atoms with E-state index in [0.29, 0.717) is 5.82 Å². The largest absolute Gasteiger partial charge is 0.383 e. The summed E-state index contributed by atoms with van der Waals surface area (Å²) in [5, 5.41) is 0. The van der Waals surface area contributed by atoms with E-state index in [1.165, 1.54) is 0 Å². The molecule has 1 aromatic rings. The van der Waals surface area contributed by atoms with E-state index in [-0.39, 0.29) is 0 Å². The Bertz CT molecular complexity index is 330. The second-order valence-electron chi connectivity index (χ2n) is 3.73. The number of nitrogens with two attached hydrogens (primary N) is 1. The minimum absolute atomic E-state index is 0.614. The van der Waals surface area contributed by atoms with E-state index in [4.69, 9.17) is 5.73 Å². The average Bonchev–Trinajstić information content (AvgIpc) is 2.29. The number of aromatic nitrogens is 2. The Morgan fingerprint density at radius 1 is 1.44 bits per heavy atom. The zero-order chi connectivity index (χ0) is 12.0. The van der Waals surface area contributed by atoms with Crippen LogP contribution in [0.5, 0.6) is 0 Å². The molecule has 0 aliphatic carbocycles. The maximum atomic E-state index is 5.89. The monoisotopic (exact) mass is 240 g/mol. The van der Waals surface area contributed by atoms with E-state index >= 15 is 0 Å². The Morgan fingerprint density at radius 2 is 2.19 bits per heavy atom. The summed E-state index contributed by atoms with van der Waals surface area (Å²) < 4.78 is 0. The first kappa shape index (κ1) is 13.1. The average molecular weight is 240 g/mol. The summed E-state index contributed by atoms with van der Waals surface area (Å²) in [6, 6.07) is 0. The molecule has 0 aliphatic heterocycles. The highest BCUT2D eigenvalue weighted by Crippen LogP contribution is 2.22. The van der Waals surface area contributed by atoms with Crippen LogP contribution in [-0.4, -0.2) is 35.6 Å².